The fourth-order valence-electron chi connectivity index (χ4n) is 3.39. The first-order chi connectivity index (χ1) is 9.46. The topological polar surface area (TPSA) is 25.2 Å². The Kier molecular flexibility index (Phi) is 3.51. The van der Waals surface area contributed by atoms with Crippen LogP contribution in [0.25, 0.3) is 0 Å². The third kappa shape index (κ3) is 2.57. The second-order valence-electron chi connectivity index (χ2n) is 6.73. The number of aromatic nitrogens is 1. The molecule has 1 aliphatic carbocycles. The maximum Gasteiger partial charge on any atom is 0.0812 e. The van der Waals surface area contributed by atoms with Gasteiger partial charge in [-0.3, -0.25) is 0 Å². The van der Waals surface area contributed by atoms with Gasteiger partial charge >= 0.3 is 0 Å². The number of thiophene rings is 1. The molecule has 2 aromatic heterocycles. The zero-order chi connectivity index (χ0) is 14.3. The second-order valence-corrected chi connectivity index (χ2v) is 7.76. The Morgan fingerprint density at radius 2 is 2.25 bits per heavy atom. The van der Waals surface area contributed by atoms with Gasteiger partial charge in [0.1, 0.15) is 0 Å². The molecular weight excluding hydrogens is 266 g/mol. The Bertz CT molecular complexity index is 595. The van der Waals surface area contributed by atoms with E-state index in [1.165, 1.54) is 16.3 Å². The molecule has 2 heterocycles. The van der Waals surface area contributed by atoms with Crippen molar-refractivity contribution in [2.24, 2.45) is 5.41 Å². The van der Waals surface area contributed by atoms with Gasteiger partial charge in [0.15, 0.2) is 0 Å². The highest BCUT2D eigenvalue weighted by Crippen LogP contribution is 2.42. The number of nitrogens with zero attached hydrogens (tertiary/aromatic N) is 1. The lowest BCUT2D eigenvalue weighted by Crippen LogP contribution is -2.27. The van der Waals surface area contributed by atoms with E-state index in [1.807, 2.05) is 11.3 Å². The van der Waals surface area contributed by atoms with E-state index in [1.54, 1.807) is 0 Å². The summed E-state index contributed by atoms with van der Waals surface area (Å²) in [6, 6.07) is 6.50. The fourth-order valence-corrected chi connectivity index (χ4v) is 4.09. The Balaban J connectivity index is 1.88. The van der Waals surface area contributed by atoms with Crippen LogP contribution in [0.2, 0.25) is 0 Å². The third-order valence-electron chi connectivity index (χ3n) is 4.36. The molecule has 0 spiro atoms. The standard InChI is InChI=1S/C17H23NOS/c1-12-9-14-15(10-17(2,3)11-16(14)19)18(12)7-6-13-5-4-8-20-13/h4-5,8-9,16,19H,6-7,10-11H2,1-3H3. The van der Waals surface area contributed by atoms with Crippen molar-refractivity contribution >= 4 is 11.3 Å². The lowest BCUT2D eigenvalue weighted by molar-refractivity contribution is 0.0979. The molecule has 1 N–H and O–H groups in total. The molecule has 3 heteroatoms. The minimum absolute atomic E-state index is 0.192. The zero-order valence-electron chi connectivity index (χ0n) is 12.5. The van der Waals surface area contributed by atoms with Crippen molar-refractivity contribution in [3.8, 4) is 0 Å². The Labute approximate surface area is 125 Å². The van der Waals surface area contributed by atoms with E-state index >= 15 is 0 Å². The largest absolute Gasteiger partial charge is 0.388 e. The molecule has 2 aromatic rings. The van der Waals surface area contributed by atoms with Crippen molar-refractivity contribution in [3.63, 3.8) is 0 Å². The summed E-state index contributed by atoms with van der Waals surface area (Å²) >= 11 is 1.83. The number of hydrogen-bond acceptors (Lipinski definition) is 2. The smallest absolute Gasteiger partial charge is 0.0812 e. The van der Waals surface area contributed by atoms with Crippen LogP contribution in [0.4, 0.5) is 0 Å². The Morgan fingerprint density at radius 1 is 1.45 bits per heavy atom. The quantitative estimate of drug-likeness (QED) is 0.904. The van der Waals surface area contributed by atoms with Crippen LogP contribution in [0.15, 0.2) is 23.6 Å². The molecular formula is C17H23NOS. The predicted molar refractivity (Wildman–Crippen MR) is 84.3 cm³/mol. The van der Waals surface area contributed by atoms with E-state index in [2.05, 4.69) is 48.9 Å². The van der Waals surface area contributed by atoms with E-state index < -0.39 is 0 Å². The highest BCUT2D eigenvalue weighted by molar-refractivity contribution is 7.09. The molecule has 0 saturated carbocycles. The van der Waals surface area contributed by atoms with Crippen molar-refractivity contribution in [2.45, 2.75) is 52.7 Å². The van der Waals surface area contributed by atoms with E-state index in [0.29, 0.717) is 0 Å². The monoisotopic (exact) mass is 289 g/mol. The van der Waals surface area contributed by atoms with Gasteiger partial charge in [-0.1, -0.05) is 19.9 Å². The molecule has 3 rings (SSSR count). The Morgan fingerprint density at radius 3 is 2.95 bits per heavy atom. The van der Waals surface area contributed by atoms with Crippen LogP contribution < -0.4 is 0 Å². The summed E-state index contributed by atoms with van der Waals surface area (Å²) in [5.74, 6) is 0. The average Bonchev–Trinajstić information content (AvgIpc) is 2.94. The lowest BCUT2D eigenvalue weighted by atomic mass is 9.75. The molecule has 1 aliphatic rings. The SMILES string of the molecule is Cc1cc2c(n1CCc1cccs1)CC(C)(C)CC2O. The summed E-state index contributed by atoms with van der Waals surface area (Å²) in [6.45, 7) is 7.69. The molecule has 1 unspecified atom stereocenters. The van der Waals surface area contributed by atoms with Crippen LogP contribution >= 0.6 is 11.3 Å². The lowest BCUT2D eigenvalue weighted by Gasteiger charge is -2.34. The minimum atomic E-state index is -0.296. The fraction of sp³-hybridized carbons (Fsp3) is 0.529. The second kappa shape index (κ2) is 5.05. The first kappa shape index (κ1) is 13.9. The van der Waals surface area contributed by atoms with Gasteiger partial charge in [0.25, 0.3) is 0 Å². The molecule has 2 nitrogen and oxygen atoms in total. The highest BCUT2D eigenvalue weighted by atomic mass is 32.1. The molecule has 108 valence electrons. The van der Waals surface area contributed by atoms with Crippen molar-refractivity contribution in [1.29, 1.82) is 0 Å². The van der Waals surface area contributed by atoms with E-state index in [-0.39, 0.29) is 11.5 Å². The van der Waals surface area contributed by atoms with Gasteiger partial charge in [-0.15, -0.1) is 11.3 Å². The van der Waals surface area contributed by atoms with Gasteiger partial charge in [0.2, 0.25) is 0 Å². The minimum Gasteiger partial charge on any atom is -0.388 e. The zero-order valence-corrected chi connectivity index (χ0v) is 13.3. The number of aliphatic hydroxyl groups is 1. The van der Waals surface area contributed by atoms with Crippen molar-refractivity contribution in [2.75, 3.05) is 0 Å². The van der Waals surface area contributed by atoms with Crippen molar-refractivity contribution in [3.05, 3.63) is 45.4 Å². The van der Waals surface area contributed by atoms with Crippen LogP contribution in [-0.4, -0.2) is 9.67 Å². The van der Waals surface area contributed by atoms with Gasteiger partial charge in [0.05, 0.1) is 6.10 Å². The predicted octanol–water partition coefficient (Wildman–Crippen LogP) is 4.11. The van der Waals surface area contributed by atoms with Crippen molar-refractivity contribution in [1.82, 2.24) is 4.57 Å². The number of aliphatic hydroxyl groups excluding tert-OH is 1. The first-order valence-corrected chi connectivity index (χ1v) is 8.23. The highest BCUT2D eigenvalue weighted by Gasteiger charge is 2.33. The molecule has 0 radical (unpaired) electrons. The summed E-state index contributed by atoms with van der Waals surface area (Å²) in [6.07, 6.45) is 2.72. The summed E-state index contributed by atoms with van der Waals surface area (Å²) in [5, 5.41) is 12.5. The van der Waals surface area contributed by atoms with Gasteiger partial charge in [-0.05, 0) is 49.1 Å². The van der Waals surface area contributed by atoms with Gasteiger partial charge in [-0.25, -0.2) is 0 Å². The molecule has 0 aliphatic heterocycles. The molecule has 1 atom stereocenters. The van der Waals surface area contributed by atoms with Crippen LogP contribution in [-0.2, 0) is 19.4 Å². The van der Waals surface area contributed by atoms with E-state index in [9.17, 15) is 5.11 Å². The maximum absolute atomic E-state index is 10.4. The molecule has 0 fully saturated rings. The number of hydrogen-bond donors (Lipinski definition) is 1. The normalized spacial score (nSPS) is 20.9. The maximum atomic E-state index is 10.4. The van der Waals surface area contributed by atoms with Crippen LogP contribution in [0.3, 0.4) is 0 Å². The first-order valence-electron chi connectivity index (χ1n) is 7.36. The summed E-state index contributed by atoms with van der Waals surface area (Å²) < 4.78 is 2.42. The van der Waals surface area contributed by atoms with Crippen LogP contribution in [0, 0.1) is 12.3 Å². The summed E-state index contributed by atoms with van der Waals surface area (Å²) in [5.41, 5.74) is 3.98. The van der Waals surface area contributed by atoms with Crippen LogP contribution in [0.5, 0.6) is 0 Å². The Hall–Kier alpha value is -1.06. The van der Waals surface area contributed by atoms with Gasteiger partial charge in [0, 0.05) is 28.4 Å². The number of fused-ring (bicyclic) bond motifs is 1. The molecule has 0 saturated heterocycles. The van der Waals surface area contributed by atoms with Crippen molar-refractivity contribution < 1.29 is 5.11 Å². The summed E-state index contributed by atoms with van der Waals surface area (Å²) in [4.78, 5) is 1.43. The molecule has 0 bridgehead atoms. The number of rotatable bonds is 3. The number of aryl methyl sites for hydroxylation is 2. The van der Waals surface area contributed by atoms with E-state index in [4.69, 9.17) is 0 Å². The third-order valence-corrected chi connectivity index (χ3v) is 5.30. The molecule has 0 amide bonds. The molecule has 20 heavy (non-hydrogen) atoms. The van der Waals surface area contributed by atoms with Crippen LogP contribution in [0.1, 0.15) is 48.2 Å². The van der Waals surface area contributed by atoms with Gasteiger partial charge < -0.3 is 9.67 Å². The van der Waals surface area contributed by atoms with Gasteiger partial charge in [-0.2, -0.15) is 0 Å². The molecule has 0 aromatic carbocycles. The average molecular weight is 289 g/mol. The summed E-state index contributed by atoms with van der Waals surface area (Å²) in [7, 11) is 0. The van der Waals surface area contributed by atoms with E-state index in [0.717, 1.165) is 31.4 Å².